The Morgan fingerprint density at radius 1 is 1.25 bits per heavy atom. The van der Waals surface area contributed by atoms with Gasteiger partial charge in [-0.25, -0.2) is 0 Å². The second-order valence-corrected chi connectivity index (χ2v) is 4.92. The van der Waals surface area contributed by atoms with E-state index >= 15 is 0 Å². The van der Waals surface area contributed by atoms with E-state index in [0.717, 1.165) is 12.1 Å². The first-order valence-electron chi connectivity index (χ1n) is 6.78. The average molecular weight is 271 g/mol. The average Bonchev–Trinajstić information content (AvgIpc) is 3.12. The number of amides is 1. The Balaban J connectivity index is 1.97. The maximum Gasteiger partial charge on any atom is 0.262 e. The van der Waals surface area contributed by atoms with Crippen molar-refractivity contribution in [2.45, 2.75) is 19.4 Å². The van der Waals surface area contributed by atoms with Gasteiger partial charge < -0.3 is 14.1 Å². The zero-order valence-electron chi connectivity index (χ0n) is 11.4. The van der Waals surface area contributed by atoms with Gasteiger partial charge in [0, 0.05) is 12.3 Å². The zero-order chi connectivity index (χ0) is 13.9. The van der Waals surface area contributed by atoms with Crippen molar-refractivity contribution in [1.82, 2.24) is 0 Å². The van der Waals surface area contributed by atoms with E-state index in [2.05, 4.69) is 0 Å². The molecule has 1 aromatic carbocycles. The quantitative estimate of drug-likeness (QED) is 0.861. The fourth-order valence-electron chi connectivity index (χ4n) is 2.54. The highest BCUT2D eigenvalue weighted by Crippen LogP contribution is 2.25. The Kier molecular flexibility index (Phi) is 3.56. The SMILES string of the molecule is Cc1occc1C(=O)N(c1ccccc1)[C@@H]1CCOC1. The van der Waals surface area contributed by atoms with Gasteiger partial charge in [0.15, 0.2) is 0 Å². The summed E-state index contributed by atoms with van der Waals surface area (Å²) in [5.74, 6) is 0.618. The molecule has 2 aromatic rings. The molecule has 0 radical (unpaired) electrons. The lowest BCUT2D eigenvalue weighted by atomic mass is 10.1. The highest BCUT2D eigenvalue weighted by Gasteiger charge is 2.30. The largest absolute Gasteiger partial charge is 0.469 e. The molecule has 1 atom stereocenters. The van der Waals surface area contributed by atoms with Crippen LogP contribution >= 0.6 is 0 Å². The summed E-state index contributed by atoms with van der Waals surface area (Å²) in [5.41, 5.74) is 1.51. The molecule has 1 aliphatic heterocycles. The van der Waals surface area contributed by atoms with E-state index in [1.54, 1.807) is 12.3 Å². The van der Waals surface area contributed by atoms with E-state index in [9.17, 15) is 4.79 Å². The summed E-state index contributed by atoms with van der Waals surface area (Å²) in [5, 5.41) is 0. The Morgan fingerprint density at radius 2 is 2.05 bits per heavy atom. The van der Waals surface area contributed by atoms with Crippen LogP contribution in [0, 0.1) is 6.92 Å². The van der Waals surface area contributed by atoms with Gasteiger partial charge in [0.25, 0.3) is 5.91 Å². The van der Waals surface area contributed by atoms with Gasteiger partial charge in [-0.15, -0.1) is 0 Å². The second-order valence-electron chi connectivity index (χ2n) is 4.92. The molecule has 4 nitrogen and oxygen atoms in total. The maximum absolute atomic E-state index is 12.8. The van der Waals surface area contributed by atoms with Gasteiger partial charge in [-0.3, -0.25) is 4.79 Å². The van der Waals surface area contributed by atoms with Crippen LogP contribution in [0.15, 0.2) is 47.1 Å². The number of anilines is 1. The van der Waals surface area contributed by atoms with Crippen molar-refractivity contribution >= 4 is 11.6 Å². The van der Waals surface area contributed by atoms with Crippen molar-refractivity contribution in [3.63, 3.8) is 0 Å². The molecule has 20 heavy (non-hydrogen) atoms. The molecule has 1 saturated heterocycles. The fourth-order valence-corrected chi connectivity index (χ4v) is 2.54. The standard InChI is InChI=1S/C16H17NO3/c1-12-15(8-10-20-12)16(18)17(14-7-9-19-11-14)13-5-3-2-4-6-13/h2-6,8,10,14H,7,9,11H2,1H3/t14-/m1/s1. The van der Waals surface area contributed by atoms with E-state index in [0.29, 0.717) is 24.5 Å². The van der Waals surface area contributed by atoms with E-state index in [-0.39, 0.29) is 11.9 Å². The van der Waals surface area contributed by atoms with E-state index < -0.39 is 0 Å². The highest BCUT2D eigenvalue weighted by atomic mass is 16.5. The predicted molar refractivity (Wildman–Crippen MR) is 75.9 cm³/mol. The van der Waals surface area contributed by atoms with Crippen molar-refractivity contribution in [3.8, 4) is 0 Å². The first-order chi connectivity index (χ1) is 9.77. The van der Waals surface area contributed by atoms with Crippen molar-refractivity contribution < 1.29 is 13.9 Å². The van der Waals surface area contributed by atoms with Crippen molar-refractivity contribution in [2.75, 3.05) is 18.1 Å². The normalized spacial score (nSPS) is 18.1. The molecular formula is C16H17NO3. The number of carbonyl (C=O) groups excluding carboxylic acids is 1. The minimum Gasteiger partial charge on any atom is -0.469 e. The lowest BCUT2D eigenvalue weighted by Gasteiger charge is -2.28. The summed E-state index contributed by atoms with van der Waals surface area (Å²) in [6.45, 7) is 3.09. The third kappa shape index (κ3) is 2.34. The Bertz CT molecular complexity index is 585. The van der Waals surface area contributed by atoms with Gasteiger partial charge >= 0.3 is 0 Å². The third-order valence-corrected chi connectivity index (χ3v) is 3.61. The minimum atomic E-state index is -0.0297. The number of ether oxygens (including phenoxy) is 1. The number of hydrogen-bond donors (Lipinski definition) is 0. The van der Waals surface area contributed by atoms with Gasteiger partial charge in [0.2, 0.25) is 0 Å². The first-order valence-corrected chi connectivity index (χ1v) is 6.78. The molecule has 0 bridgehead atoms. The van der Waals surface area contributed by atoms with Crippen LogP contribution in [0.3, 0.4) is 0 Å². The summed E-state index contributed by atoms with van der Waals surface area (Å²) < 4.78 is 10.7. The molecule has 2 heterocycles. The number of furan rings is 1. The molecule has 0 N–H and O–H groups in total. The van der Waals surface area contributed by atoms with Gasteiger partial charge in [0.1, 0.15) is 5.76 Å². The lowest BCUT2D eigenvalue weighted by Crippen LogP contribution is -2.41. The predicted octanol–water partition coefficient (Wildman–Crippen LogP) is 3.02. The van der Waals surface area contributed by atoms with Gasteiger partial charge in [-0.05, 0) is 31.5 Å². The molecule has 1 aromatic heterocycles. The summed E-state index contributed by atoms with van der Waals surface area (Å²) in [7, 11) is 0. The summed E-state index contributed by atoms with van der Waals surface area (Å²) in [4.78, 5) is 14.6. The Morgan fingerprint density at radius 3 is 2.65 bits per heavy atom. The van der Waals surface area contributed by atoms with Crippen LogP contribution in [0.25, 0.3) is 0 Å². The van der Waals surface area contributed by atoms with Crippen molar-refractivity contribution in [2.24, 2.45) is 0 Å². The number of nitrogens with zero attached hydrogens (tertiary/aromatic N) is 1. The van der Waals surface area contributed by atoms with Gasteiger partial charge in [0.05, 0.1) is 24.5 Å². The summed E-state index contributed by atoms with van der Waals surface area (Å²) >= 11 is 0. The van der Waals surface area contributed by atoms with Crippen LogP contribution in [0.1, 0.15) is 22.5 Å². The van der Waals surface area contributed by atoms with E-state index in [1.807, 2.05) is 42.2 Å². The maximum atomic E-state index is 12.8. The highest BCUT2D eigenvalue weighted by molar-refractivity contribution is 6.07. The summed E-state index contributed by atoms with van der Waals surface area (Å²) in [6.07, 6.45) is 2.41. The molecule has 1 aliphatic rings. The topological polar surface area (TPSA) is 42.7 Å². The summed E-state index contributed by atoms with van der Waals surface area (Å²) in [6, 6.07) is 11.5. The van der Waals surface area contributed by atoms with Crippen molar-refractivity contribution in [1.29, 1.82) is 0 Å². The molecule has 3 rings (SSSR count). The molecule has 4 heteroatoms. The van der Waals surface area contributed by atoms with Crippen LogP contribution in [0.5, 0.6) is 0 Å². The van der Waals surface area contributed by atoms with Gasteiger partial charge in [-0.2, -0.15) is 0 Å². The Hall–Kier alpha value is -2.07. The van der Waals surface area contributed by atoms with Crippen LogP contribution in [0.2, 0.25) is 0 Å². The second kappa shape index (κ2) is 5.51. The van der Waals surface area contributed by atoms with Crippen LogP contribution in [-0.4, -0.2) is 25.2 Å². The fraction of sp³-hybridized carbons (Fsp3) is 0.312. The number of para-hydroxylation sites is 1. The smallest absolute Gasteiger partial charge is 0.262 e. The monoisotopic (exact) mass is 271 g/mol. The molecular weight excluding hydrogens is 254 g/mol. The van der Waals surface area contributed by atoms with Crippen LogP contribution in [-0.2, 0) is 4.74 Å². The van der Waals surface area contributed by atoms with Gasteiger partial charge in [-0.1, -0.05) is 18.2 Å². The molecule has 0 spiro atoms. The number of carbonyl (C=O) groups is 1. The number of benzene rings is 1. The Labute approximate surface area is 118 Å². The van der Waals surface area contributed by atoms with E-state index in [1.165, 1.54) is 0 Å². The van der Waals surface area contributed by atoms with Crippen LogP contribution in [0.4, 0.5) is 5.69 Å². The molecule has 1 fully saturated rings. The lowest BCUT2D eigenvalue weighted by molar-refractivity contribution is 0.0970. The number of aryl methyl sites for hydroxylation is 1. The molecule has 0 unspecified atom stereocenters. The third-order valence-electron chi connectivity index (χ3n) is 3.61. The zero-order valence-corrected chi connectivity index (χ0v) is 11.4. The molecule has 1 amide bonds. The van der Waals surface area contributed by atoms with E-state index in [4.69, 9.17) is 9.15 Å². The van der Waals surface area contributed by atoms with Crippen molar-refractivity contribution in [3.05, 3.63) is 54.0 Å². The molecule has 0 saturated carbocycles. The molecule has 104 valence electrons. The number of rotatable bonds is 3. The molecule has 0 aliphatic carbocycles. The van der Waals surface area contributed by atoms with Crippen LogP contribution < -0.4 is 4.90 Å². The minimum absolute atomic E-state index is 0.0297. The number of hydrogen-bond acceptors (Lipinski definition) is 3. The first kappa shape index (κ1) is 12.9.